The van der Waals surface area contributed by atoms with E-state index in [-0.39, 0.29) is 17.5 Å². The molecule has 2 heterocycles. The van der Waals surface area contributed by atoms with Gasteiger partial charge in [0.2, 0.25) is 0 Å². The molecule has 5 heteroatoms. The molecule has 2 amide bonds. The van der Waals surface area contributed by atoms with E-state index in [1.54, 1.807) is 0 Å². The summed E-state index contributed by atoms with van der Waals surface area (Å²) in [6.07, 6.45) is 11.2. The van der Waals surface area contributed by atoms with Crippen LogP contribution >= 0.6 is 0 Å². The first-order valence-electron chi connectivity index (χ1n) is 12.3. The van der Waals surface area contributed by atoms with E-state index in [0.717, 1.165) is 24.2 Å². The molecule has 1 aromatic carbocycles. The van der Waals surface area contributed by atoms with Gasteiger partial charge in [-0.2, -0.15) is 0 Å². The molecule has 5 nitrogen and oxygen atoms in total. The van der Waals surface area contributed by atoms with Crippen LogP contribution in [0.5, 0.6) is 0 Å². The molecule has 1 aromatic rings. The maximum absolute atomic E-state index is 12.9. The molecule has 1 N–H and O–H groups in total. The van der Waals surface area contributed by atoms with Crippen molar-refractivity contribution in [2.75, 3.05) is 45.9 Å². The highest BCUT2D eigenvalue weighted by Crippen LogP contribution is 2.51. The van der Waals surface area contributed by atoms with Crippen LogP contribution in [0.4, 0.5) is 4.79 Å². The second kappa shape index (κ2) is 7.93. The Morgan fingerprint density at radius 2 is 1.87 bits per heavy atom. The maximum atomic E-state index is 12.9. The summed E-state index contributed by atoms with van der Waals surface area (Å²) in [5.74, 6) is 2.58. The average Bonchev–Trinajstić information content (AvgIpc) is 3.51. The van der Waals surface area contributed by atoms with E-state index in [2.05, 4.69) is 46.6 Å². The molecule has 5 aliphatic rings. The third-order valence-electron chi connectivity index (χ3n) is 8.82. The quantitative estimate of drug-likeness (QED) is 0.757. The monoisotopic (exact) mass is 421 g/mol. The van der Waals surface area contributed by atoms with E-state index < -0.39 is 0 Å². The smallest absolute Gasteiger partial charge is 0.318 e. The third kappa shape index (κ3) is 3.60. The molecule has 2 saturated heterocycles. The van der Waals surface area contributed by atoms with Crippen LogP contribution in [-0.2, 0) is 10.2 Å². The van der Waals surface area contributed by atoms with Crippen molar-refractivity contribution in [2.24, 2.45) is 17.8 Å². The lowest BCUT2D eigenvalue weighted by molar-refractivity contribution is 0.0521. The summed E-state index contributed by atoms with van der Waals surface area (Å²) >= 11 is 0. The highest BCUT2D eigenvalue weighted by Gasteiger charge is 2.46. The minimum absolute atomic E-state index is 0.0712. The van der Waals surface area contributed by atoms with Crippen molar-refractivity contribution in [1.82, 2.24) is 15.1 Å². The van der Waals surface area contributed by atoms with Gasteiger partial charge in [-0.15, -0.1) is 0 Å². The number of hydrogen-bond acceptors (Lipinski definition) is 3. The summed E-state index contributed by atoms with van der Waals surface area (Å²) < 4.78 is 5.41. The number of ether oxygens (including phenoxy) is 1. The second-order valence-corrected chi connectivity index (χ2v) is 10.5. The molecule has 0 aromatic heterocycles. The number of rotatable bonds is 3. The lowest BCUT2D eigenvalue weighted by Gasteiger charge is -2.41. The molecule has 4 atom stereocenters. The number of carbonyl (C=O) groups excluding carboxylic acids is 1. The van der Waals surface area contributed by atoms with E-state index >= 15 is 0 Å². The third-order valence-corrected chi connectivity index (χ3v) is 8.82. The van der Waals surface area contributed by atoms with Crippen LogP contribution in [0.15, 0.2) is 36.4 Å². The summed E-state index contributed by atoms with van der Waals surface area (Å²) in [7, 11) is 0. The normalized spacial score (nSPS) is 33.7. The number of amides is 2. The van der Waals surface area contributed by atoms with Crippen LogP contribution in [0.3, 0.4) is 0 Å². The topological polar surface area (TPSA) is 44.8 Å². The van der Waals surface area contributed by atoms with E-state index in [1.165, 1.54) is 56.4 Å². The molecular weight excluding hydrogens is 386 g/mol. The van der Waals surface area contributed by atoms with Gasteiger partial charge in [-0.25, -0.2) is 4.79 Å². The number of benzene rings is 1. The number of morpholine rings is 1. The first-order chi connectivity index (χ1) is 15.2. The van der Waals surface area contributed by atoms with Crippen molar-refractivity contribution in [3.63, 3.8) is 0 Å². The molecule has 31 heavy (non-hydrogen) atoms. The number of hydrogen-bond donors (Lipinski definition) is 1. The number of carbonyl (C=O) groups is 1. The number of nitrogens with zero attached hydrogens (tertiary/aromatic N) is 2. The molecule has 2 aliphatic heterocycles. The van der Waals surface area contributed by atoms with Crippen molar-refractivity contribution in [2.45, 2.75) is 43.6 Å². The number of nitrogens with one attached hydrogen (secondary N) is 1. The Bertz CT molecular complexity index is 854. The van der Waals surface area contributed by atoms with E-state index in [9.17, 15) is 4.79 Å². The van der Waals surface area contributed by atoms with Crippen LogP contribution in [0.1, 0.15) is 49.3 Å². The van der Waals surface area contributed by atoms with Crippen molar-refractivity contribution < 1.29 is 9.53 Å². The number of piperidine rings is 1. The van der Waals surface area contributed by atoms with Gasteiger partial charge < -0.3 is 19.9 Å². The fourth-order valence-electron chi connectivity index (χ4n) is 7.10. The molecule has 3 aliphatic carbocycles. The lowest BCUT2D eigenvalue weighted by Crippen LogP contribution is -2.47. The van der Waals surface area contributed by atoms with Gasteiger partial charge in [0.1, 0.15) is 0 Å². The Balaban J connectivity index is 1.12. The fraction of sp³-hybridized carbons (Fsp3) is 0.654. The minimum Gasteiger partial charge on any atom is -0.378 e. The van der Waals surface area contributed by atoms with Gasteiger partial charge in [0.05, 0.1) is 19.3 Å². The van der Waals surface area contributed by atoms with Gasteiger partial charge >= 0.3 is 6.03 Å². The standard InChI is InChI=1S/C26H35N3O2/c30-25(29-11-13-31-14-12-29)27-24-17-26(23-4-2-1-3-22(23)24)7-9-28(10-8-26)18-21-16-19-5-6-20(21)15-19/h1-6,19-21,24H,7-18H2,(H,27,30)/t19?,20?,21?,24-/m0/s1. The average molecular weight is 422 g/mol. The van der Waals surface area contributed by atoms with Gasteiger partial charge in [-0.3, -0.25) is 0 Å². The van der Waals surface area contributed by atoms with Crippen LogP contribution < -0.4 is 5.32 Å². The molecule has 1 saturated carbocycles. The van der Waals surface area contributed by atoms with Crippen molar-refractivity contribution in [3.8, 4) is 0 Å². The number of allylic oxidation sites excluding steroid dienone is 2. The maximum Gasteiger partial charge on any atom is 0.318 e. The second-order valence-electron chi connectivity index (χ2n) is 10.5. The zero-order chi connectivity index (χ0) is 20.8. The highest BCUT2D eigenvalue weighted by molar-refractivity contribution is 5.75. The first kappa shape index (κ1) is 19.8. The van der Waals surface area contributed by atoms with Gasteiger partial charge in [-0.1, -0.05) is 36.4 Å². The van der Waals surface area contributed by atoms with E-state index in [0.29, 0.717) is 26.3 Å². The number of urea groups is 1. The Kier molecular flexibility index (Phi) is 5.07. The van der Waals surface area contributed by atoms with Gasteiger partial charge in [0.15, 0.2) is 0 Å². The minimum atomic E-state index is 0.0712. The van der Waals surface area contributed by atoms with Crippen molar-refractivity contribution >= 4 is 6.03 Å². The van der Waals surface area contributed by atoms with Crippen LogP contribution in [0.25, 0.3) is 0 Å². The van der Waals surface area contributed by atoms with Gasteiger partial charge in [0, 0.05) is 25.0 Å². The molecule has 3 unspecified atom stereocenters. The summed E-state index contributed by atoms with van der Waals surface area (Å²) in [6, 6.07) is 9.08. The van der Waals surface area contributed by atoms with Gasteiger partial charge in [0.25, 0.3) is 0 Å². The first-order valence-corrected chi connectivity index (χ1v) is 12.3. The Morgan fingerprint density at radius 1 is 1.06 bits per heavy atom. The van der Waals surface area contributed by atoms with E-state index in [4.69, 9.17) is 4.74 Å². The summed E-state index contributed by atoms with van der Waals surface area (Å²) in [5, 5.41) is 3.37. The molecule has 3 fully saturated rings. The zero-order valence-corrected chi connectivity index (χ0v) is 18.5. The Hall–Kier alpha value is -1.85. The predicted octanol–water partition coefficient (Wildman–Crippen LogP) is 3.72. The largest absolute Gasteiger partial charge is 0.378 e. The molecule has 0 radical (unpaired) electrons. The summed E-state index contributed by atoms with van der Waals surface area (Å²) in [4.78, 5) is 17.5. The predicted molar refractivity (Wildman–Crippen MR) is 121 cm³/mol. The van der Waals surface area contributed by atoms with Crippen molar-refractivity contribution in [1.29, 1.82) is 0 Å². The van der Waals surface area contributed by atoms with Crippen LogP contribution in [0, 0.1) is 17.8 Å². The molecule has 166 valence electrons. The number of fused-ring (bicyclic) bond motifs is 4. The van der Waals surface area contributed by atoms with E-state index in [1.807, 2.05) is 4.90 Å². The Labute approximate surface area is 185 Å². The van der Waals surface area contributed by atoms with Gasteiger partial charge in [-0.05, 0) is 74.1 Å². The summed E-state index contributed by atoms with van der Waals surface area (Å²) in [6.45, 7) is 6.34. The fourth-order valence-corrected chi connectivity index (χ4v) is 7.10. The highest BCUT2D eigenvalue weighted by atomic mass is 16.5. The number of likely N-dealkylation sites (tertiary alicyclic amines) is 1. The van der Waals surface area contributed by atoms with Crippen LogP contribution in [-0.4, -0.2) is 61.8 Å². The SMILES string of the molecule is O=C(N[C@H]1CC2(CCN(CC3CC4C=CC3C4)CC2)c2ccccc21)N1CCOCC1. The van der Waals surface area contributed by atoms with Crippen LogP contribution in [0.2, 0.25) is 0 Å². The zero-order valence-electron chi connectivity index (χ0n) is 18.5. The Morgan fingerprint density at radius 3 is 2.61 bits per heavy atom. The van der Waals surface area contributed by atoms with Crippen molar-refractivity contribution in [3.05, 3.63) is 47.5 Å². The molecular formula is C26H35N3O2. The molecule has 1 spiro atoms. The molecule has 2 bridgehead atoms. The summed E-state index contributed by atoms with van der Waals surface area (Å²) in [5.41, 5.74) is 3.06. The lowest BCUT2D eigenvalue weighted by atomic mass is 9.73. The molecule has 6 rings (SSSR count).